The van der Waals surface area contributed by atoms with Crippen molar-refractivity contribution in [3.05, 3.63) is 63.5 Å². The summed E-state index contributed by atoms with van der Waals surface area (Å²) in [5.41, 5.74) is 2.05. The number of hydrogen-bond donors (Lipinski definition) is 1. The van der Waals surface area contributed by atoms with Crippen molar-refractivity contribution in [3.63, 3.8) is 0 Å². The number of rotatable bonds is 5. The van der Waals surface area contributed by atoms with Gasteiger partial charge in [-0.25, -0.2) is 10.1 Å². The second-order valence-electron chi connectivity index (χ2n) is 6.75. The summed E-state index contributed by atoms with van der Waals surface area (Å²) in [6.45, 7) is 3.53. The molecule has 0 saturated carbocycles. The maximum atomic E-state index is 12.5. The molecule has 150 valence electrons. The largest absolute Gasteiger partial charge is 0.497 e. The number of carbonyl (C=O) groups excluding carboxylic acids is 1. The minimum Gasteiger partial charge on any atom is -0.497 e. The van der Waals surface area contributed by atoms with Crippen molar-refractivity contribution in [3.8, 4) is 16.3 Å². The zero-order chi connectivity index (χ0) is 20.2. The van der Waals surface area contributed by atoms with Crippen LogP contribution in [0.3, 0.4) is 0 Å². The maximum absolute atomic E-state index is 12.5. The molecule has 9 heteroatoms. The first kappa shape index (κ1) is 19.3. The predicted octanol–water partition coefficient (Wildman–Crippen LogP) is 1.86. The minimum atomic E-state index is -0.316. The number of methoxy groups -OCH3 is 1. The van der Waals surface area contributed by atoms with Gasteiger partial charge in [0, 0.05) is 49.7 Å². The van der Waals surface area contributed by atoms with E-state index in [-0.39, 0.29) is 17.2 Å². The van der Waals surface area contributed by atoms with Gasteiger partial charge in [0.2, 0.25) is 0 Å². The lowest BCUT2D eigenvalue weighted by molar-refractivity contribution is 0.0620. The van der Waals surface area contributed by atoms with Crippen LogP contribution in [0.5, 0.6) is 5.75 Å². The zero-order valence-corrected chi connectivity index (χ0v) is 16.8. The normalized spacial score (nSPS) is 14.7. The van der Waals surface area contributed by atoms with Crippen LogP contribution in [0.25, 0.3) is 10.6 Å². The van der Waals surface area contributed by atoms with E-state index in [0.717, 1.165) is 41.6 Å². The Kier molecular flexibility index (Phi) is 5.68. The summed E-state index contributed by atoms with van der Waals surface area (Å²) in [5, 5.41) is 9.20. The van der Waals surface area contributed by atoms with Crippen LogP contribution < -0.4 is 10.3 Å². The predicted molar refractivity (Wildman–Crippen MR) is 110 cm³/mol. The number of aromatic nitrogens is 3. The first-order valence-corrected chi connectivity index (χ1v) is 10.2. The van der Waals surface area contributed by atoms with Gasteiger partial charge in [0.25, 0.3) is 11.5 Å². The van der Waals surface area contributed by atoms with Gasteiger partial charge in [-0.3, -0.25) is 14.5 Å². The van der Waals surface area contributed by atoms with Crippen LogP contribution in [0.4, 0.5) is 0 Å². The second kappa shape index (κ2) is 8.54. The highest BCUT2D eigenvalue weighted by Crippen LogP contribution is 2.26. The molecule has 3 heterocycles. The van der Waals surface area contributed by atoms with Crippen molar-refractivity contribution in [2.45, 2.75) is 6.54 Å². The van der Waals surface area contributed by atoms with Crippen molar-refractivity contribution >= 4 is 17.2 Å². The number of H-pyrrole nitrogens is 1. The molecule has 29 heavy (non-hydrogen) atoms. The molecule has 2 aromatic heterocycles. The Bertz CT molecular complexity index is 1020. The number of nitrogens with zero attached hydrogens (tertiary/aromatic N) is 4. The molecule has 8 nitrogen and oxygen atoms in total. The van der Waals surface area contributed by atoms with Crippen LogP contribution in [0, 0.1) is 0 Å². The Labute approximate surface area is 171 Å². The number of aromatic amines is 1. The molecule has 0 bridgehead atoms. The number of amides is 1. The van der Waals surface area contributed by atoms with Gasteiger partial charge in [0.1, 0.15) is 16.5 Å². The molecule has 0 atom stereocenters. The average molecular weight is 411 g/mol. The first-order chi connectivity index (χ1) is 14.1. The third-order valence-electron chi connectivity index (χ3n) is 4.83. The van der Waals surface area contributed by atoms with E-state index in [1.807, 2.05) is 24.3 Å². The van der Waals surface area contributed by atoms with Gasteiger partial charge in [-0.05, 0) is 30.3 Å². The average Bonchev–Trinajstić information content (AvgIpc) is 3.23. The lowest BCUT2D eigenvalue weighted by atomic mass is 10.2. The molecule has 1 saturated heterocycles. The monoisotopic (exact) mass is 411 g/mol. The summed E-state index contributed by atoms with van der Waals surface area (Å²) in [6, 6.07) is 10.7. The number of nitrogens with one attached hydrogen (secondary N) is 1. The molecule has 1 N–H and O–H groups in total. The summed E-state index contributed by atoms with van der Waals surface area (Å²) >= 11 is 1.63. The number of carbonyl (C=O) groups is 1. The Morgan fingerprint density at radius 2 is 1.90 bits per heavy atom. The summed E-state index contributed by atoms with van der Waals surface area (Å²) < 4.78 is 5.20. The van der Waals surface area contributed by atoms with Crippen LogP contribution in [-0.2, 0) is 6.54 Å². The van der Waals surface area contributed by atoms with Gasteiger partial charge in [0.05, 0.1) is 12.8 Å². The number of benzene rings is 1. The van der Waals surface area contributed by atoms with Gasteiger partial charge >= 0.3 is 0 Å². The number of thiazole rings is 1. The van der Waals surface area contributed by atoms with E-state index in [0.29, 0.717) is 13.1 Å². The maximum Gasteiger partial charge on any atom is 0.274 e. The molecule has 0 spiro atoms. The molecule has 0 radical (unpaired) electrons. The van der Waals surface area contributed by atoms with E-state index in [1.165, 1.54) is 12.1 Å². The standard InChI is InChI=1S/C20H21N5O3S/c1-28-16-4-2-14(3-5-16)19-21-15(13-29-19)12-24-8-10-25(11-9-24)20(27)17-6-7-18(26)23-22-17/h2-7,13H,8-12H2,1H3,(H,23,26). The lowest BCUT2D eigenvalue weighted by Gasteiger charge is -2.34. The van der Waals surface area contributed by atoms with Crippen molar-refractivity contribution < 1.29 is 9.53 Å². The van der Waals surface area contributed by atoms with E-state index in [1.54, 1.807) is 23.3 Å². The second-order valence-corrected chi connectivity index (χ2v) is 7.61. The SMILES string of the molecule is COc1ccc(-c2nc(CN3CCN(C(=O)c4ccc(=O)[nH]n4)CC3)cs2)cc1. The van der Waals surface area contributed by atoms with Gasteiger partial charge in [-0.2, -0.15) is 5.10 Å². The Hall–Kier alpha value is -3.04. The first-order valence-electron chi connectivity index (χ1n) is 9.28. The highest BCUT2D eigenvalue weighted by atomic mass is 32.1. The molecule has 3 aromatic rings. The zero-order valence-electron chi connectivity index (χ0n) is 16.0. The minimum absolute atomic E-state index is 0.156. The third-order valence-corrected chi connectivity index (χ3v) is 5.77. The molecule has 0 aliphatic carbocycles. The molecule has 1 aromatic carbocycles. The van der Waals surface area contributed by atoms with Gasteiger partial charge < -0.3 is 9.64 Å². The molecule has 4 rings (SSSR count). The van der Waals surface area contributed by atoms with Gasteiger partial charge in [-0.1, -0.05) is 0 Å². The summed E-state index contributed by atoms with van der Waals surface area (Å²) in [7, 11) is 1.65. The smallest absolute Gasteiger partial charge is 0.274 e. The number of ether oxygens (including phenoxy) is 1. The Morgan fingerprint density at radius 3 is 2.55 bits per heavy atom. The van der Waals surface area contributed by atoms with Crippen molar-refractivity contribution in [1.29, 1.82) is 0 Å². The third kappa shape index (κ3) is 4.52. The highest BCUT2D eigenvalue weighted by Gasteiger charge is 2.23. The van der Waals surface area contributed by atoms with Crippen molar-refractivity contribution in [2.24, 2.45) is 0 Å². The fraction of sp³-hybridized carbons (Fsp3) is 0.300. The van der Waals surface area contributed by atoms with E-state index in [4.69, 9.17) is 9.72 Å². The quantitative estimate of drug-likeness (QED) is 0.689. The lowest BCUT2D eigenvalue weighted by Crippen LogP contribution is -2.48. The van der Waals surface area contributed by atoms with Crippen molar-refractivity contribution in [2.75, 3.05) is 33.3 Å². The molecular formula is C20H21N5O3S. The topological polar surface area (TPSA) is 91.4 Å². The Balaban J connectivity index is 1.33. The highest BCUT2D eigenvalue weighted by molar-refractivity contribution is 7.13. The van der Waals surface area contributed by atoms with Crippen LogP contribution in [-0.4, -0.2) is 64.2 Å². The molecule has 1 amide bonds. The molecule has 1 aliphatic heterocycles. The van der Waals surface area contributed by atoms with Gasteiger partial charge in [-0.15, -0.1) is 11.3 Å². The van der Waals surface area contributed by atoms with Gasteiger partial charge in [0.15, 0.2) is 0 Å². The fourth-order valence-electron chi connectivity index (χ4n) is 3.21. The molecule has 1 fully saturated rings. The Morgan fingerprint density at radius 1 is 1.14 bits per heavy atom. The summed E-state index contributed by atoms with van der Waals surface area (Å²) in [6.07, 6.45) is 0. The summed E-state index contributed by atoms with van der Waals surface area (Å²) in [4.78, 5) is 32.4. The van der Waals surface area contributed by atoms with E-state index >= 15 is 0 Å². The fourth-order valence-corrected chi connectivity index (χ4v) is 4.03. The summed E-state index contributed by atoms with van der Waals surface area (Å²) in [5.74, 6) is 0.673. The van der Waals surface area contributed by atoms with E-state index in [9.17, 15) is 9.59 Å². The number of hydrogen-bond acceptors (Lipinski definition) is 7. The van der Waals surface area contributed by atoms with Crippen LogP contribution in [0.1, 0.15) is 16.2 Å². The van der Waals surface area contributed by atoms with Crippen molar-refractivity contribution in [1.82, 2.24) is 25.0 Å². The van der Waals surface area contributed by atoms with Crippen LogP contribution in [0.2, 0.25) is 0 Å². The van der Waals surface area contributed by atoms with E-state index < -0.39 is 0 Å². The number of piperazine rings is 1. The molecule has 1 aliphatic rings. The van der Waals surface area contributed by atoms with Crippen LogP contribution >= 0.6 is 11.3 Å². The van der Waals surface area contributed by atoms with E-state index in [2.05, 4.69) is 20.5 Å². The molecular weight excluding hydrogens is 390 g/mol. The molecule has 0 unspecified atom stereocenters. The van der Waals surface area contributed by atoms with Crippen LogP contribution in [0.15, 0.2) is 46.6 Å².